The summed E-state index contributed by atoms with van der Waals surface area (Å²) in [7, 11) is 0. The van der Waals surface area contributed by atoms with Gasteiger partial charge in [-0.25, -0.2) is 0 Å². The maximum Gasteiger partial charge on any atom is 0.101 e. The molecule has 1 aliphatic carbocycles. The summed E-state index contributed by atoms with van der Waals surface area (Å²) in [6.07, 6.45) is 4.95. The molecule has 3 heteroatoms. The number of aryl methyl sites for hydroxylation is 1. The number of nitrogens with zero attached hydrogens (tertiary/aromatic N) is 1. The Morgan fingerprint density at radius 3 is 2.83 bits per heavy atom. The fourth-order valence-corrected chi connectivity index (χ4v) is 2.53. The van der Waals surface area contributed by atoms with E-state index >= 15 is 0 Å². The van der Waals surface area contributed by atoms with Crippen molar-refractivity contribution in [1.29, 1.82) is 5.26 Å². The molecule has 0 aromatic heterocycles. The molecule has 3 nitrogen and oxygen atoms in total. The van der Waals surface area contributed by atoms with Gasteiger partial charge in [0.15, 0.2) is 0 Å². The van der Waals surface area contributed by atoms with Crippen LogP contribution in [0.5, 0.6) is 0 Å². The first kappa shape index (κ1) is 12.9. The van der Waals surface area contributed by atoms with Crippen LogP contribution >= 0.6 is 0 Å². The fraction of sp³-hybridized carbons (Fsp3) is 0.533. The van der Waals surface area contributed by atoms with Crippen molar-refractivity contribution < 1.29 is 5.11 Å². The zero-order valence-corrected chi connectivity index (χ0v) is 10.8. The fourth-order valence-electron chi connectivity index (χ4n) is 2.53. The molecule has 2 unspecified atom stereocenters. The number of hydrogen-bond acceptors (Lipinski definition) is 3. The molecule has 0 spiro atoms. The lowest BCUT2D eigenvalue weighted by Crippen LogP contribution is -2.32. The normalized spacial score (nSPS) is 24.1. The van der Waals surface area contributed by atoms with Gasteiger partial charge in [-0.2, -0.15) is 5.26 Å². The molecule has 1 aliphatic rings. The highest BCUT2D eigenvalue weighted by atomic mass is 16.3. The van der Waals surface area contributed by atoms with E-state index < -0.39 is 0 Å². The minimum Gasteiger partial charge on any atom is -0.391 e. The summed E-state index contributed by atoms with van der Waals surface area (Å²) < 4.78 is 0. The maximum absolute atomic E-state index is 10.1. The maximum atomic E-state index is 10.1. The van der Waals surface area contributed by atoms with Gasteiger partial charge < -0.3 is 10.4 Å². The molecular formula is C15H20N2O. The predicted octanol–water partition coefficient (Wildman–Crippen LogP) is 2.97. The Kier molecular flexibility index (Phi) is 4.22. The molecule has 0 radical (unpaired) electrons. The Balaban J connectivity index is 2.15. The van der Waals surface area contributed by atoms with E-state index in [1.54, 1.807) is 0 Å². The lowest BCUT2D eigenvalue weighted by atomic mass is 10.0. The molecule has 18 heavy (non-hydrogen) atoms. The van der Waals surface area contributed by atoms with E-state index in [2.05, 4.69) is 11.4 Å². The summed E-state index contributed by atoms with van der Waals surface area (Å²) in [5, 5.41) is 22.6. The number of hydrogen-bond donors (Lipinski definition) is 2. The number of anilines is 1. The van der Waals surface area contributed by atoms with E-state index in [1.165, 1.54) is 6.42 Å². The van der Waals surface area contributed by atoms with Crippen molar-refractivity contribution in [3.8, 4) is 6.07 Å². The molecule has 0 amide bonds. The van der Waals surface area contributed by atoms with Crippen LogP contribution in [-0.4, -0.2) is 17.3 Å². The van der Waals surface area contributed by atoms with E-state index in [0.717, 1.165) is 36.9 Å². The minimum absolute atomic E-state index is 0.0716. The van der Waals surface area contributed by atoms with E-state index in [0.29, 0.717) is 5.56 Å². The van der Waals surface area contributed by atoms with Crippen molar-refractivity contribution in [2.24, 2.45) is 0 Å². The highest BCUT2D eigenvalue weighted by Gasteiger charge is 2.22. The molecule has 96 valence electrons. The monoisotopic (exact) mass is 244 g/mol. The molecule has 0 aliphatic heterocycles. The summed E-state index contributed by atoms with van der Waals surface area (Å²) in [5.41, 5.74) is 2.58. The van der Waals surface area contributed by atoms with Crippen molar-refractivity contribution in [2.45, 2.75) is 51.2 Å². The van der Waals surface area contributed by atoms with Crippen molar-refractivity contribution in [2.75, 3.05) is 5.32 Å². The van der Waals surface area contributed by atoms with E-state index in [1.807, 2.05) is 25.1 Å². The Morgan fingerprint density at radius 2 is 2.06 bits per heavy atom. The van der Waals surface area contributed by atoms with Gasteiger partial charge in [0, 0.05) is 0 Å². The lowest BCUT2D eigenvalue weighted by molar-refractivity contribution is 0.144. The molecule has 1 fully saturated rings. The van der Waals surface area contributed by atoms with Gasteiger partial charge in [0.05, 0.1) is 23.4 Å². The standard InChI is InChI=1S/C15H20N2O/c1-11-7-8-13(12(9-11)10-16)17-14-5-3-2-4-6-15(14)18/h7-9,14-15,17-18H,2-6H2,1H3. The van der Waals surface area contributed by atoms with Crippen molar-refractivity contribution in [1.82, 2.24) is 0 Å². The minimum atomic E-state index is -0.305. The molecule has 0 bridgehead atoms. The van der Waals surface area contributed by atoms with Gasteiger partial charge in [-0.15, -0.1) is 0 Å². The smallest absolute Gasteiger partial charge is 0.101 e. The molecule has 1 aromatic carbocycles. The number of rotatable bonds is 2. The third-order valence-electron chi connectivity index (χ3n) is 3.62. The van der Waals surface area contributed by atoms with Crippen LogP contribution in [0.2, 0.25) is 0 Å². The second-order valence-corrected chi connectivity index (χ2v) is 5.12. The summed E-state index contributed by atoms with van der Waals surface area (Å²) in [5.74, 6) is 0. The van der Waals surface area contributed by atoms with Crippen LogP contribution in [0.3, 0.4) is 0 Å². The largest absolute Gasteiger partial charge is 0.391 e. The van der Waals surface area contributed by atoms with Crippen LogP contribution in [-0.2, 0) is 0 Å². The van der Waals surface area contributed by atoms with Gasteiger partial charge in [0.1, 0.15) is 6.07 Å². The highest BCUT2D eigenvalue weighted by Crippen LogP contribution is 2.24. The third-order valence-corrected chi connectivity index (χ3v) is 3.62. The molecule has 1 aromatic rings. The number of nitrogens with one attached hydrogen (secondary N) is 1. The number of aliphatic hydroxyl groups excluding tert-OH is 1. The van der Waals surface area contributed by atoms with Crippen LogP contribution in [0.25, 0.3) is 0 Å². The number of aliphatic hydroxyl groups is 1. The summed E-state index contributed by atoms with van der Waals surface area (Å²) in [6, 6.07) is 8.09. The summed E-state index contributed by atoms with van der Waals surface area (Å²) in [6.45, 7) is 1.98. The topological polar surface area (TPSA) is 56.0 Å². The molecule has 2 N–H and O–H groups in total. The second-order valence-electron chi connectivity index (χ2n) is 5.12. The summed E-state index contributed by atoms with van der Waals surface area (Å²) in [4.78, 5) is 0. The number of nitriles is 1. The molecular weight excluding hydrogens is 224 g/mol. The molecule has 2 atom stereocenters. The molecule has 0 heterocycles. The first-order valence-electron chi connectivity index (χ1n) is 6.66. The van der Waals surface area contributed by atoms with Crippen molar-refractivity contribution >= 4 is 5.69 Å². The van der Waals surface area contributed by atoms with Crippen LogP contribution in [0.1, 0.15) is 43.2 Å². The highest BCUT2D eigenvalue weighted by molar-refractivity contribution is 5.59. The Labute approximate surface area is 108 Å². The van der Waals surface area contributed by atoms with Gasteiger partial charge in [0.2, 0.25) is 0 Å². The first-order chi connectivity index (χ1) is 8.70. The van der Waals surface area contributed by atoms with E-state index in [4.69, 9.17) is 5.26 Å². The average Bonchev–Trinajstić information content (AvgIpc) is 2.57. The van der Waals surface area contributed by atoms with Gasteiger partial charge in [-0.1, -0.05) is 25.3 Å². The van der Waals surface area contributed by atoms with Crippen LogP contribution in [0.15, 0.2) is 18.2 Å². The van der Waals surface area contributed by atoms with Gasteiger partial charge in [-0.3, -0.25) is 0 Å². The van der Waals surface area contributed by atoms with Crippen molar-refractivity contribution in [3.05, 3.63) is 29.3 Å². The van der Waals surface area contributed by atoms with Gasteiger partial charge in [-0.05, 0) is 37.5 Å². The summed E-state index contributed by atoms with van der Waals surface area (Å²) >= 11 is 0. The average molecular weight is 244 g/mol. The van der Waals surface area contributed by atoms with Crippen molar-refractivity contribution in [3.63, 3.8) is 0 Å². The zero-order valence-electron chi connectivity index (χ0n) is 10.8. The molecule has 2 rings (SSSR count). The Morgan fingerprint density at radius 1 is 1.28 bits per heavy atom. The van der Waals surface area contributed by atoms with Crippen LogP contribution in [0, 0.1) is 18.3 Å². The lowest BCUT2D eigenvalue weighted by Gasteiger charge is -2.23. The molecule has 0 saturated heterocycles. The van der Waals surface area contributed by atoms with E-state index in [9.17, 15) is 5.11 Å². The van der Waals surface area contributed by atoms with Gasteiger partial charge >= 0.3 is 0 Å². The number of benzene rings is 1. The SMILES string of the molecule is Cc1ccc(NC2CCCCCC2O)c(C#N)c1. The predicted molar refractivity (Wildman–Crippen MR) is 72.4 cm³/mol. The zero-order chi connectivity index (χ0) is 13.0. The Hall–Kier alpha value is -1.53. The third kappa shape index (κ3) is 3.02. The van der Waals surface area contributed by atoms with Crippen LogP contribution in [0.4, 0.5) is 5.69 Å². The first-order valence-corrected chi connectivity index (χ1v) is 6.66. The quantitative estimate of drug-likeness (QED) is 0.786. The van der Waals surface area contributed by atoms with Crippen LogP contribution < -0.4 is 5.32 Å². The molecule has 1 saturated carbocycles. The Bertz CT molecular complexity index is 450. The van der Waals surface area contributed by atoms with E-state index in [-0.39, 0.29) is 12.1 Å². The van der Waals surface area contributed by atoms with Gasteiger partial charge in [0.25, 0.3) is 0 Å². The second kappa shape index (κ2) is 5.88.